The van der Waals surface area contributed by atoms with Crippen LogP contribution in [0.2, 0.25) is 0 Å². The Balaban J connectivity index is 1.24. The second kappa shape index (κ2) is 13.7. The molecular weight excluding hydrogens is 469 g/mol. The molecule has 2 fully saturated rings. The van der Waals surface area contributed by atoms with Gasteiger partial charge in [-0.25, -0.2) is 13.2 Å². The first kappa shape index (κ1) is 28.0. The van der Waals surface area contributed by atoms with Crippen LogP contribution in [0, 0.1) is 29.3 Å². The first-order valence-electron chi connectivity index (χ1n) is 14.8. The summed E-state index contributed by atoms with van der Waals surface area (Å²) in [6, 6.07) is 9.08. The largest absolute Gasteiger partial charge is 0.491 e. The molecule has 0 amide bonds. The van der Waals surface area contributed by atoms with Crippen LogP contribution in [0.5, 0.6) is 5.75 Å². The molecule has 4 heteroatoms. The molecule has 0 atom stereocenters. The minimum absolute atomic E-state index is 0.0948. The van der Waals surface area contributed by atoms with Crippen molar-refractivity contribution < 1.29 is 17.9 Å². The van der Waals surface area contributed by atoms with Crippen LogP contribution in [0.15, 0.2) is 30.3 Å². The Kier molecular flexibility index (Phi) is 10.4. The van der Waals surface area contributed by atoms with Crippen molar-refractivity contribution >= 4 is 0 Å². The van der Waals surface area contributed by atoms with Crippen molar-refractivity contribution in [3.05, 3.63) is 64.5 Å². The summed E-state index contributed by atoms with van der Waals surface area (Å²) in [5.74, 6) is 0.349. The van der Waals surface area contributed by atoms with Crippen molar-refractivity contribution in [3.8, 4) is 5.75 Å². The number of hydrogen-bond acceptors (Lipinski definition) is 1. The van der Waals surface area contributed by atoms with E-state index in [1.54, 1.807) is 12.1 Å². The average Bonchev–Trinajstić information content (AvgIpc) is 2.91. The molecule has 2 saturated carbocycles. The topological polar surface area (TPSA) is 9.23 Å². The summed E-state index contributed by atoms with van der Waals surface area (Å²) in [6.45, 7) is 4.97. The summed E-state index contributed by atoms with van der Waals surface area (Å²) in [6.07, 6.45) is 14.2. The van der Waals surface area contributed by atoms with Crippen molar-refractivity contribution in [2.75, 3.05) is 6.61 Å². The third-order valence-corrected chi connectivity index (χ3v) is 8.98. The monoisotopic (exact) mass is 514 g/mol. The molecule has 204 valence electrons. The lowest BCUT2D eigenvalue weighted by molar-refractivity contribution is 0.290. The molecule has 0 saturated heterocycles. The van der Waals surface area contributed by atoms with Gasteiger partial charge in [-0.05, 0) is 110 Å². The van der Waals surface area contributed by atoms with Crippen molar-refractivity contribution in [2.45, 2.75) is 116 Å². The molecule has 4 rings (SSSR count). The Labute approximate surface area is 222 Å². The van der Waals surface area contributed by atoms with Gasteiger partial charge in [0.25, 0.3) is 0 Å². The standard InChI is InChI=1S/C33H45F3O/c1-3-4-5-6-21-37-31-20-13-25(22-30(31)34)10-9-24-11-16-27(17-12-24)29-19-18-28(32(35)33(29)36)26-14-7-23(2)8-15-26/h13,18-20,22-24,26-27H,3-12,14-17,21H2,1-2H3. The van der Waals surface area contributed by atoms with Crippen molar-refractivity contribution in [1.82, 2.24) is 0 Å². The van der Waals surface area contributed by atoms with Gasteiger partial charge < -0.3 is 4.74 Å². The van der Waals surface area contributed by atoms with E-state index in [4.69, 9.17) is 4.74 Å². The fraction of sp³-hybridized carbons (Fsp3) is 0.636. The zero-order valence-corrected chi connectivity index (χ0v) is 22.8. The van der Waals surface area contributed by atoms with Gasteiger partial charge in [0.15, 0.2) is 23.2 Å². The third-order valence-electron chi connectivity index (χ3n) is 8.98. The highest BCUT2D eigenvalue weighted by atomic mass is 19.2. The third kappa shape index (κ3) is 7.54. The van der Waals surface area contributed by atoms with Crippen LogP contribution in [0.25, 0.3) is 0 Å². The summed E-state index contributed by atoms with van der Waals surface area (Å²) >= 11 is 0. The van der Waals surface area contributed by atoms with Gasteiger partial charge in [-0.2, -0.15) is 0 Å². The minimum Gasteiger partial charge on any atom is -0.491 e. The summed E-state index contributed by atoms with van der Waals surface area (Å²) in [5.41, 5.74) is 2.15. The fourth-order valence-corrected chi connectivity index (χ4v) is 6.44. The van der Waals surface area contributed by atoms with E-state index in [9.17, 15) is 4.39 Å². The van der Waals surface area contributed by atoms with Gasteiger partial charge >= 0.3 is 0 Å². The van der Waals surface area contributed by atoms with Crippen molar-refractivity contribution in [2.24, 2.45) is 11.8 Å². The van der Waals surface area contributed by atoms with E-state index in [1.165, 1.54) is 12.8 Å². The molecular formula is C33H45F3O. The Morgan fingerprint density at radius 2 is 1.38 bits per heavy atom. The number of unbranched alkanes of at least 4 members (excludes halogenated alkanes) is 3. The van der Waals surface area contributed by atoms with Crippen LogP contribution in [0.3, 0.4) is 0 Å². The lowest BCUT2D eigenvalue weighted by atomic mass is 9.75. The number of benzene rings is 2. The van der Waals surface area contributed by atoms with Crippen LogP contribution >= 0.6 is 0 Å². The minimum atomic E-state index is -0.609. The number of halogens is 3. The number of ether oxygens (including phenoxy) is 1. The van der Waals surface area contributed by atoms with Gasteiger partial charge in [-0.15, -0.1) is 0 Å². The number of rotatable bonds is 11. The van der Waals surface area contributed by atoms with E-state index in [1.807, 2.05) is 18.2 Å². The SMILES string of the molecule is CCCCCCOc1ccc(CCC2CCC(c3ccc(C4CCC(C)CC4)c(F)c3F)CC2)cc1F. The number of aryl methyl sites for hydroxylation is 1. The van der Waals surface area contributed by atoms with Gasteiger partial charge in [0, 0.05) is 0 Å². The van der Waals surface area contributed by atoms with Gasteiger partial charge in [-0.3, -0.25) is 0 Å². The van der Waals surface area contributed by atoms with Gasteiger partial charge in [0.1, 0.15) is 0 Å². The maximum atomic E-state index is 15.1. The number of hydrogen-bond donors (Lipinski definition) is 0. The zero-order valence-electron chi connectivity index (χ0n) is 22.8. The zero-order chi connectivity index (χ0) is 26.2. The molecule has 37 heavy (non-hydrogen) atoms. The summed E-state index contributed by atoms with van der Waals surface area (Å²) in [5, 5.41) is 0. The quantitative estimate of drug-likeness (QED) is 0.271. The van der Waals surface area contributed by atoms with Crippen LogP contribution in [0.4, 0.5) is 13.2 Å². The highest BCUT2D eigenvalue weighted by molar-refractivity contribution is 5.32. The average molecular weight is 515 g/mol. The van der Waals surface area contributed by atoms with Crippen LogP contribution in [0.1, 0.15) is 126 Å². The predicted molar refractivity (Wildman–Crippen MR) is 146 cm³/mol. The Bertz CT molecular complexity index is 987. The van der Waals surface area contributed by atoms with Gasteiger partial charge in [0.2, 0.25) is 0 Å². The van der Waals surface area contributed by atoms with E-state index in [2.05, 4.69) is 13.8 Å². The molecule has 0 N–H and O–H groups in total. The van der Waals surface area contributed by atoms with E-state index in [0.29, 0.717) is 35.3 Å². The van der Waals surface area contributed by atoms with E-state index in [-0.39, 0.29) is 17.7 Å². The van der Waals surface area contributed by atoms with E-state index >= 15 is 8.78 Å². The molecule has 2 aliphatic rings. The molecule has 2 aliphatic carbocycles. The maximum absolute atomic E-state index is 15.1. The first-order valence-corrected chi connectivity index (χ1v) is 14.8. The highest BCUT2D eigenvalue weighted by Gasteiger charge is 2.29. The van der Waals surface area contributed by atoms with Gasteiger partial charge in [-0.1, -0.05) is 64.2 Å². The van der Waals surface area contributed by atoms with Crippen LogP contribution in [-0.2, 0) is 6.42 Å². The molecule has 0 spiro atoms. The summed E-state index contributed by atoms with van der Waals surface area (Å²) in [7, 11) is 0. The normalized spacial score (nSPS) is 24.2. The lowest BCUT2D eigenvalue weighted by Gasteiger charge is -2.30. The summed E-state index contributed by atoms with van der Waals surface area (Å²) < 4.78 is 50.3. The molecule has 0 aliphatic heterocycles. The highest BCUT2D eigenvalue weighted by Crippen LogP contribution is 2.42. The molecule has 0 radical (unpaired) electrons. The van der Waals surface area contributed by atoms with Gasteiger partial charge in [0.05, 0.1) is 6.61 Å². The molecule has 0 unspecified atom stereocenters. The Hall–Kier alpha value is -1.97. The molecule has 1 nitrogen and oxygen atoms in total. The van der Waals surface area contributed by atoms with Crippen molar-refractivity contribution in [1.29, 1.82) is 0 Å². The maximum Gasteiger partial charge on any atom is 0.165 e. The molecule has 2 aromatic carbocycles. The predicted octanol–water partition coefficient (Wildman–Crippen LogP) is 10.3. The summed E-state index contributed by atoms with van der Waals surface area (Å²) in [4.78, 5) is 0. The van der Waals surface area contributed by atoms with Crippen LogP contribution < -0.4 is 4.74 Å². The molecule has 0 heterocycles. The lowest BCUT2D eigenvalue weighted by Crippen LogP contribution is -2.17. The Morgan fingerprint density at radius 1 is 0.757 bits per heavy atom. The smallest absolute Gasteiger partial charge is 0.165 e. The second-order valence-electron chi connectivity index (χ2n) is 11.8. The van der Waals surface area contributed by atoms with Crippen molar-refractivity contribution in [3.63, 3.8) is 0 Å². The van der Waals surface area contributed by atoms with E-state index < -0.39 is 11.6 Å². The molecule has 0 aromatic heterocycles. The van der Waals surface area contributed by atoms with E-state index in [0.717, 1.165) is 82.6 Å². The fourth-order valence-electron chi connectivity index (χ4n) is 6.44. The Morgan fingerprint density at radius 3 is 1.97 bits per heavy atom. The molecule has 0 bridgehead atoms. The first-order chi connectivity index (χ1) is 18.0. The molecule has 2 aromatic rings. The second-order valence-corrected chi connectivity index (χ2v) is 11.8. The van der Waals surface area contributed by atoms with Crippen LogP contribution in [-0.4, -0.2) is 6.61 Å².